The monoisotopic (exact) mass is 319 g/mol. The normalized spacial score (nSPS) is 22.3. The highest BCUT2D eigenvalue weighted by atomic mass is 31.2. The molecule has 0 saturated heterocycles. The summed E-state index contributed by atoms with van der Waals surface area (Å²) in [5.41, 5.74) is 4.42. The van der Waals surface area contributed by atoms with Gasteiger partial charge in [0.1, 0.15) is 20.2 Å². The first kappa shape index (κ1) is 15.5. The smallest absolute Gasteiger partial charge is 0.352 e. The van der Waals surface area contributed by atoms with E-state index >= 15 is 0 Å². The number of aromatic nitrogens is 2. The van der Waals surface area contributed by atoms with E-state index < -0.39 is 44.0 Å². The van der Waals surface area contributed by atoms with Gasteiger partial charge in [0.15, 0.2) is 17.6 Å². The van der Waals surface area contributed by atoms with E-state index in [2.05, 4.69) is 9.51 Å². The average molecular weight is 319 g/mol. The number of aliphatic hydroxyl groups excluding tert-OH is 2. The lowest BCUT2D eigenvalue weighted by atomic mass is 10.2. The van der Waals surface area contributed by atoms with Crippen LogP contribution in [0.15, 0.2) is 28.6 Å². The zero-order chi connectivity index (χ0) is 15.8. The van der Waals surface area contributed by atoms with Crippen molar-refractivity contribution in [3.8, 4) is 0 Å². The summed E-state index contributed by atoms with van der Waals surface area (Å²) < 4.78 is 20.5. The van der Waals surface area contributed by atoms with Gasteiger partial charge < -0.3 is 39.6 Å². The third-order valence-corrected chi connectivity index (χ3v) is 2.98. The Kier molecular flexibility index (Phi) is 4.03. The summed E-state index contributed by atoms with van der Waals surface area (Å²) >= 11 is 0. The second-order valence-corrected chi connectivity index (χ2v) is 5.06. The Labute approximate surface area is 117 Å². The SMILES string of the molecule is Nc1ccn([C@@H]2OC(CO)=C(OP(=O)([O-])[O-])C2O)c(=O)n1. The first-order chi connectivity index (χ1) is 9.73. The molecule has 1 unspecified atom stereocenters. The fourth-order valence-corrected chi connectivity index (χ4v) is 2.18. The largest absolute Gasteiger partial charge is 0.780 e. The highest BCUT2D eigenvalue weighted by Gasteiger charge is 2.39. The van der Waals surface area contributed by atoms with Crippen LogP contribution in [-0.4, -0.2) is 32.5 Å². The molecule has 0 fully saturated rings. The van der Waals surface area contributed by atoms with Gasteiger partial charge in [-0.1, -0.05) is 0 Å². The van der Waals surface area contributed by atoms with E-state index in [1.807, 2.05) is 0 Å². The second-order valence-electron chi connectivity index (χ2n) is 3.98. The van der Waals surface area contributed by atoms with Gasteiger partial charge in [0.05, 0.1) is 0 Å². The van der Waals surface area contributed by atoms with Gasteiger partial charge >= 0.3 is 5.69 Å². The number of nitrogens with zero attached hydrogens (tertiary/aromatic N) is 2. The molecule has 0 saturated carbocycles. The number of ether oxygens (including phenoxy) is 1. The van der Waals surface area contributed by atoms with Crippen LogP contribution in [0.2, 0.25) is 0 Å². The van der Waals surface area contributed by atoms with Crippen LogP contribution in [0.5, 0.6) is 0 Å². The van der Waals surface area contributed by atoms with Gasteiger partial charge in [-0.2, -0.15) is 4.98 Å². The summed E-state index contributed by atoms with van der Waals surface area (Å²) in [6.45, 7) is -0.847. The van der Waals surface area contributed by atoms with Crippen molar-refractivity contribution in [1.82, 2.24) is 9.55 Å². The molecule has 0 aliphatic carbocycles. The molecule has 1 aromatic rings. The van der Waals surface area contributed by atoms with E-state index in [9.17, 15) is 24.3 Å². The second kappa shape index (κ2) is 5.47. The number of phosphoric acid groups is 1. The van der Waals surface area contributed by atoms with Crippen molar-refractivity contribution in [2.24, 2.45) is 0 Å². The van der Waals surface area contributed by atoms with Crippen molar-refractivity contribution in [3.63, 3.8) is 0 Å². The van der Waals surface area contributed by atoms with Crippen molar-refractivity contribution in [2.45, 2.75) is 12.3 Å². The summed E-state index contributed by atoms with van der Waals surface area (Å²) in [6, 6.07) is 1.24. The maximum Gasteiger partial charge on any atom is 0.352 e. The number of nitrogens with two attached hydrogens (primary N) is 1. The highest BCUT2D eigenvalue weighted by Crippen LogP contribution is 2.39. The van der Waals surface area contributed by atoms with Gasteiger partial charge in [-0.05, 0) is 6.07 Å². The molecule has 2 atom stereocenters. The molecule has 1 aromatic heterocycles. The molecule has 0 amide bonds. The van der Waals surface area contributed by atoms with Crippen LogP contribution in [0, 0.1) is 0 Å². The average Bonchev–Trinajstić information content (AvgIpc) is 2.65. The fraction of sp³-hybridized carbons (Fsp3) is 0.333. The van der Waals surface area contributed by atoms with E-state index in [1.54, 1.807) is 0 Å². The molecule has 4 N–H and O–H groups in total. The van der Waals surface area contributed by atoms with Crippen LogP contribution in [0.4, 0.5) is 5.82 Å². The van der Waals surface area contributed by atoms with E-state index in [4.69, 9.17) is 15.6 Å². The summed E-state index contributed by atoms with van der Waals surface area (Å²) in [4.78, 5) is 36.3. The molecule has 0 aromatic carbocycles. The Hall–Kier alpha value is -1.91. The van der Waals surface area contributed by atoms with Crippen molar-refractivity contribution in [1.29, 1.82) is 0 Å². The fourth-order valence-electron chi connectivity index (χ4n) is 1.73. The molecule has 0 spiro atoms. The Balaban J connectivity index is 2.35. The minimum atomic E-state index is -5.47. The molecule has 12 heteroatoms. The van der Waals surface area contributed by atoms with Gasteiger partial charge in [0, 0.05) is 6.20 Å². The maximum atomic E-state index is 11.6. The van der Waals surface area contributed by atoms with Crippen LogP contribution in [0.25, 0.3) is 0 Å². The predicted molar refractivity (Wildman–Crippen MR) is 61.8 cm³/mol. The Morgan fingerprint density at radius 3 is 2.76 bits per heavy atom. The molecule has 21 heavy (non-hydrogen) atoms. The molecule has 1 aliphatic rings. The molecular formula is C9H10N3O8P-2. The van der Waals surface area contributed by atoms with Crippen molar-refractivity contribution < 1.29 is 33.8 Å². The van der Waals surface area contributed by atoms with Crippen LogP contribution in [-0.2, 0) is 13.8 Å². The first-order valence-electron chi connectivity index (χ1n) is 5.48. The standard InChI is InChI=1S/C9H12N3O8P/c10-5-1-2-12(9(15)11-5)8-6(14)7(4(3-13)19-8)20-21(16,17)18/h1-2,6,8,13-14H,3H2,(H2,10,11,15)(H2,16,17,18)/p-2/t6?,8-/m1/s1. The van der Waals surface area contributed by atoms with Gasteiger partial charge in [-0.15, -0.1) is 0 Å². The third-order valence-electron chi connectivity index (χ3n) is 2.56. The van der Waals surface area contributed by atoms with Gasteiger partial charge in [-0.25, -0.2) is 4.79 Å². The first-order valence-corrected chi connectivity index (χ1v) is 6.94. The van der Waals surface area contributed by atoms with Crippen LogP contribution in [0.1, 0.15) is 6.23 Å². The number of aliphatic hydroxyl groups is 2. The lowest BCUT2D eigenvalue weighted by Gasteiger charge is -2.30. The Bertz CT molecular complexity index is 680. The molecular weight excluding hydrogens is 309 g/mol. The van der Waals surface area contributed by atoms with Crippen molar-refractivity contribution in [2.75, 3.05) is 12.3 Å². The zero-order valence-electron chi connectivity index (χ0n) is 10.3. The topological polar surface area (TPSA) is 183 Å². The number of rotatable bonds is 4. The molecule has 2 rings (SSSR count). The molecule has 116 valence electrons. The third kappa shape index (κ3) is 3.23. The number of hydrogen-bond acceptors (Lipinski definition) is 10. The maximum absolute atomic E-state index is 11.6. The molecule has 1 aliphatic heterocycles. The minimum Gasteiger partial charge on any atom is -0.780 e. The van der Waals surface area contributed by atoms with Gasteiger partial charge in [0.25, 0.3) is 0 Å². The summed E-state index contributed by atoms with van der Waals surface area (Å²) in [5, 5.41) is 19.0. The quantitative estimate of drug-likeness (QED) is 0.476. The van der Waals surface area contributed by atoms with E-state index in [0.717, 1.165) is 10.8 Å². The van der Waals surface area contributed by atoms with E-state index in [1.165, 1.54) is 6.07 Å². The summed E-state index contributed by atoms with van der Waals surface area (Å²) in [7, 11) is -5.47. The Morgan fingerprint density at radius 2 is 2.24 bits per heavy atom. The van der Waals surface area contributed by atoms with Crippen LogP contribution < -0.4 is 21.2 Å². The highest BCUT2D eigenvalue weighted by molar-refractivity contribution is 7.43. The number of nitrogen functional groups attached to an aromatic ring is 1. The summed E-state index contributed by atoms with van der Waals surface area (Å²) in [5.74, 6) is -1.33. The molecule has 0 radical (unpaired) electrons. The molecule has 2 heterocycles. The van der Waals surface area contributed by atoms with Gasteiger partial charge in [0.2, 0.25) is 6.23 Å². The lowest BCUT2D eigenvalue weighted by Crippen LogP contribution is -2.33. The Morgan fingerprint density at radius 1 is 1.57 bits per heavy atom. The number of anilines is 1. The number of phosphoric ester groups is 1. The molecule has 0 bridgehead atoms. The van der Waals surface area contributed by atoms with E-state index in [0.29, 0.717) is 0 Å². The summed E-state index contributed by atoms with van der Waals surface area (Å²) in [6.07, 6.45) is -2.11. The van der Waals surface area contributed by atoms with Crippen LogP contribution >= 0.6 is 7.82 Å². The van der Waals surface area contributed by atoms with E-state index in [-0.39, 0.29) is 5.82 Å². The lowest BCUT2D eigenvalue weighted by molar-refractivity contribution is -0.339. The molecule has 11 nitrogen and oxygen atoms in total. The minimum absolute atomic E-state index is 0.0702. The van der Waals surface area contributed by atoms with Crippen LogP contribution in [0.3, 0.4) is 0 Å². The number of hydrogen-bond donors (Lipinski definition) is 3. The zero-order valence-corrected chi connectivity index (χ0v) is 11.2. The van der Waals surface area contributed by atoms with Crippen molar-refractivity contribution in [3.05, 3.63) is 34.3 Å². The predicted octanol–water partition coefficient (Wildman–Crippen LogP) is -3.24. The van der Waals surface area contributed by atoms with Gasteiger partial charge in [-0.3, -0.25) is 4.57 Å². The van der Waals surface area contributed by atoms with Crippen molar-refractivity contribution >= 4 is 13.6 Å².